The highest BCUT2D eigenvalue weighted by molar-refractivity contribution is 14.1. The van der Waals surface area contributed by atoms with Crippen molar-refractivity contribution >= 4 is 22.6 Å². The molecule has 1 aromatic heterocycles. The molecule has 0 saturated carbocycles. The van der Waals surface area contributed by atoms with Gasteiger partial charge in [0.05, 0.1) is 9.83 Å². The summed E-state index contributed by atoms with van der Waals surface area (Å²) in [5, 5.41) is 0. The number of furan rings is 1. The standard InChI is InChI=1S/C11H9IO/c1-8-7-13-11(10(8)12)9-5-3-2-4-6-9/h2-7H,1H3. The molecule has 2 heteroatoms. The molecule has 0 N–H and O–H groups in total. The molecule has 66 valence electrons. The molecule has 0 unspecified atom stereocenters. The fraction of sp³-hybridized carbons (Fsp3) is 0.0909. The summed E-state index contributed by atoms with van der Waals surface area (Å²) in [6.07, 6.45) is 1.80. The van der Waals surface area contributed by atoms with Crippen LogP contribution >= 0.6 is 22.6 Å². The Morgan fingerprint density at radius 2 is 1.85 bits per heavy atom. The summed E-state index contributed by atoms with van der Waals surface area (Å²) in [6, 6.07) is 10.2. The third kappa shape index (κ3) is 1.63. The normalized spacial score (nSPS) is 10.3. The molecule has 0 radical (unpaired) electrons. The van der Waals surface area contributed by atoms with E-state index in [-0.39, 0.29) is 0 Å². The van der Waals surface area contributed by atoms with Gasteiger partial charge in [-0.25, -0.2) is 0 Å². The Kier molecular flexibility index (Phi) is 2.40. The maximum Gasteiger partial charge on any atom is 0.147 e. The average molecular weight is 284 g/mol. The molecule has 0 saturated heterocycles. The van der Waals surface area contributed by atoms with Crippen LogP contribution in [0.1, 0.15) is 5.56 Å². The lowest BCUT2D eigenvalue weighted by Gasteiger charge is -1.96. The van der Waals surface area contributed by atoms with E-state index in [1.54, 1.807) is 6.26 Å². The molecule has 13 heavy (non-hydrogen) atoms. The van der Waals surface area contributed by atoms with Gasteiger partial charge < -0.3 is 4.42 Å². The molecule has 0 aliphatic heterocycles. The van der Waals surface area contributed by atoms with Crippen molar-refractivity contribution < 1.29 is 4.42 Å². The highest BCUT2D eigenvalue weighted by Gasteiger charge is 2.08. The molecule has 0 atom stereocenters. The lowest BCUT2D eigenvalue weighted by Crippen LogP contribution is -1.76. The monoisotopic (exact) mass is 284 g/mol. The number of aryl methyl sites for hydroxylation is 1. The Balaban J connectivity index is 2.53. The Bertz CT molecular complexity index is 403. The van der Waals surface area contributed by atoms with Crippen molar-refractivity contribution in [1.82, 2.24) is 0 Å². The zero-order chi connectivity index (χ0) is 9.26. The third-order valence-electron chi connectivity index (χ3n) is 1.94. The van der Waals surface area contributed by atoms with E-state index in [9.17, 15) is 0 Å². The smallest absolute Gasteiger partial charge is 0.147 e. The first-order chi connectivity index (χ1) is 6.29. The maximum atomic E-state index is 5.47. The molecule has 0 aliphatic rings. The second-order valence-corrected chi connectivity index (χ2v) is 4.01. The highest BCUT2D eigenvalue weighted by atomic mass is 127. The Morgan fingerprint density at radius 1 is 1.15 bits per heavy atom. The van der Waals surface area contributed by atoms with Crippen LogP contribution in [0.25, 0.3) is 11.3 Å². The molecular formula is C11H9IO. The van der Waals surface area contributed by atoms with Crippen molar-refractivity contribution in [1.29, 1.82) is 0 Å². The van der Waals surface area contributed by atoms with Gasteiger partial charge in [0.1, 0.15) is 5.76 Å². The van der Waals surface area contributed by atoms with Crippen molar-refractivity contribution in [3.63, 3.8) is 0 Å². The van der Waals surface area contributed by atoms with Gasteiger partial charge in [-0.15, -0.1) is 0 Å². The predicted molar refractivity (Wildman–Crippen MR) is 61.6 cm³/mol. The molecule has 0 fully saturated rings. The van der Waals surface area contributed by atoms with Crippen molar-refractivity contribution in [2.24, 2.45) is 0 Å². The summed E-state index contributed by atoms with van der Waals surface area (Å²) < 4.78 is 6.67. The minimum absolute atomic E-state index is 0.971. The molecule has 1 aromatic carbocycles. The van der Waals surface area contributed by atoms with Gasteiger partial charge in [0, 0.05) is 11.1 Å². The zero-order valence-corrected chi connectivity index (χ0v) is 9.41. The van der Waals surface area contributed by atoms with E-state index in [0.717, 1.165) is 11.3 Å². The molecule has 1 nitrogen and oxygen atoms in total. The van der Waals surface area contributed by atoms with Gasteiger partial charge >= 0.3 is 0 Å². The van der Waals surface area contributed by atoms with Gasteiger partial charge in [-0.1, -0.05) is 30.3 Å². The molecule has 0 amide bonds. The van der Waals surface area contributed by atoms with E-state index in [1.165, 1.54) is 9.13 Å². The van der Waals surface area contributed by atoms with Crippen molar-refractivity contribution in [3.8, 4) is 11.3 Å². The molecule has 0 aliphatic carbocycles. The van der Waals surface area contributed by atoms with E-state index >= 15 is 0 Å². The van der Waals surface area contributed by atoms with Gasteiger partial charge in [0.2, 0.25) is 0 Å². The molecule has 0 bridgehead atoms. The van der Waals surface area contributed by atoms with Crippen LogP contribution in [-0.2, 0) is 0 Å². The maximum absolute atomic E-state index is 5.47. The van der Waals surface area contributed by atoms with Crippen LogP contribution < -0.4 is 0 Å². The Labute approximate surface area is 90.9 Å². The first kappa shape index (κ1) is 8.81. The van der Waals surface area contributed by atoms with Crippen molar-refractivity contribution in [2.45, 2.75) is 6.92 Å². The van der Waals surface area contributed by atoms with Crippen LogP contribution in [-0.4, -0.2) is 0 Å². The fourth-order valence-electron chi connectivity index (χ4n) is 1.21. The lowest BCUT2D eigenvalue weighted by molar-refractivity contribution is 0.579. The number of hydrogen-bond donors (Lipinski definition) is 0. The minimum atomic E-state index is 0.971. The summed E-state index contributed by atoms with van der Waals surface area (Å²) in [5.41, 5.74) is 2.33. The SMILES string of the molecule is Cc1coc(-c2ccccc2)c1I. The molecule has 1 heterocycles. The van der Waals surface area contributed by atoms with Gasteiger partial charge in [-0.2, -0.15) is 0 Å². The Morgan fingerprint density at radius 3 is 2.38 bits per heavy atom. The lowest BCUT2D eigenvalue weighted by atomic mass is 10.2. The third-order valence-corrected chi connectivity index (χ3v) is 3.28. The van der Waals surface area contributed by atoms with Crippen LogP contribution in [0.2, 0.25) is 0 Å². The van der Waals surface area contributed by atoms with E-state index in [2.05, 4.69) is 41.6 Å². The fourth-order valence-corrected chi connectivity index (χ4v) is 1.78. The van der Waals surface area contributed by atoms with Crippen molar-refractivity contribution in [3.05, 3.63) is 45.7 Å². The average Bonchev–Trinajstić information content (AvgIpc) is 2.49. The van der Waals surface area contributed by atoms with Gasteiger partial charge in [-0.3, -0.25) is 0 Å². The first-order valence-corrected chi connectivity index (χ1v) is 5.16. The van der Waals surface area contributed by atoms with Crippen molar-refractivity contribution in [2.75, 3.05) is 0 Å². The van der Waals surface area contributed by atoms with E-state index < -0.39 is 0 Å². The van der Waals surface area contributed by atoms with Gasteiger partial charge in [0.15, 0.2) is 0 Å². The van der Waals surface area contributed by atoms with E-state index in [0.29, 0.717) is 0 Å². The first-order valence-electron chi connectivity index (χ1n) is 4.08. The minimum Gasteiger partial charge on any atom is -0.463 e. The quantitative estimate of drug-likeness (QED) is 0.725. The van der Waals surface area contributed by atoms with Crippen LogP contribution in [0, 0.1) is 10.5 Å². The molecule has 2 aromatic rings. The second kappa shape index (κ2) is 3.54. The summed E-state index contributed by atoms with van der Waals surface area (Å²) in [4.78, 5) is 0. The summed E-state index contributed by atoms with van der Waals surface area (Å²) in [7, 11) is 0. The van der Waals surface area contributed by atoms with Gasteiger partial charge in [0.25, 0.3) is 0 Å². The largest absolute Gasteiger partial charge is 0.463 e. The van der Waals surface area contributed by atoms with Crippen LogP contribution in [0.15, 0.2) is 41.0 Å². The Hall–Kier alpha value is -0.770. The molecular weight excluding hydrogens is 275 g/mol. The number of rotatable bonds is 1. The van der Waals surface area contributed by atoms with Crippen LogP contribution in [0.3, 0.4) is 0 Å². The number of benzene rings is 1. The van der Waals surface area contributed by atoms with E-state index in [4.69, 9.17) is 4.42 Å². The molecule has 0 spiro atoms. The summed E-state index contributed by atoms with van der Waals surface area (Å²) in [5.74, 6) is 0.971. The number of hydrogen-bond acceptors (Lipinski definition) is 1. The predicted octanol–water partition coefficient (Wildman–Crippen LogP) is 3.86. The topological polar surface area (TPSA) is 13.1 Å². The van der Waals surface area contributed by atoms with Crippen LogP contribution in [0.5, 0.6) is 0 Å². The second-order valence-electron chi connectivity index (χ2n) is 2.93. The van der Waals surface area contributed by atoms with Gasteiger partial charge in [-0.05, 0) is 29.5 Å². The number of halogens is 1. The zero-order valence-electron chi connectivity index (χ0n) is 7.25. The summed E-state index contributed by atoms with van der Waals surface area (Å²) in [6.45, 7) is 2.05. The van der Waals surface area contributed by atoms with Crippen LogP contribution in [0.4, 0.5) is 0 Å². The highest BCUT2D eigenvalue weighted by Crippen LogP contribution is 2.28. The molecule has 2 rings (SSSR count). The summed E-state index contributed by atoms with van der Waals surface area (Å²) >= 11 is 2.31. The van der Waals surface area contributed by atoms with E-state index in [1.807, 2.05) is 18.2 Å².